The van der Waals surface area contributed by atoms with E-state index in [4.69, 9.17) is 0 Å². The first-order valence-electron chi connectivity index (χ1n) is 9.77. The van der Waals surface area contributed by atoms with Gasteiger partial charge in [0.15, 0.2) is 0 Å². The molecule has 0 amide bonds. The molecule has 2 aliphatic rings. The van der Waals surface area contributed by atoms with E-state index >= 15 is 0 Å². The van der Waals surface area contributed by atoms with Crippen molar-refractivity contribution in [1.29, 1.82) is 5.26 Å². The van der Waals surface area contributed by atoms with Gasteiger partial charge in [0.2, 0.25) is 0 Å². The number of rotatable bonds is 8. The molecule has 2 aliphatic carbocycles. The summed E-state index contributed by atoms with van der Waals surface area (Å²) in [6, 6.07) is 21.7. The Kier molecular flexibility index (Phi) is 5.06. The van der Waals surface area contributed by atoms with Gasteiger partial charge in [0.1, 0.15) is 0 Å². The second-order valence-corrected chi connectivity index (χ2v) is 7.97. The van der Waals surface area contributed by atoms with Crippen LogP contribution in [0.4, 0.5) is 0 Å². The lowest BCUT2D eigenvalue weighted by Gasteiger charge is -2.42. The highest BCUT2D eigenvalue weighted by molar-refractivity contribution is 5.37. The fourth-order valence-corrected chi connectivity index (χ4v) is 4.18. The van der Waals surface area contributed by atoms with Crippen LogP contribution in [0.3, 0.4) is 0 Å². The molecule has 2 fully saturated rings. The van der Waals surface area contributed by atoms with E-state index in [-0.39, 0.29) is 0 Å². The number of nitrogens with one attached hydrogen (secondary N) is 2. The standard InChI is InChI=1S/C23H27N3/c24-14-19-9-4-5-10-20(19)15-25-16-23(11-6-12-23)17-26-22-13-21(22)18-7-2-1-3-8-18/h1-5,7-10,21-22,25-26H,6,11-13,15-17H2/t21-,22+/m1/s1. The van der Waals surface area contributed by atoms with E-state index in [9.17, 15) is 5.26 Å². The molecule has 3 heteroatoms. The van der Waals surface area contributed by atoms with Crippen molar-refractivity contribution < 1.29 is 0 Å². The SMILES string of the molecule is N#Cc1ccccc1CNCC1(CN[C@H]2C[C@@H]2c2ccccc2)CCC1. The molecule has 0 aliphatic heterocycles. The van der Waals surface area contributed by atoms with Gasteiger partial charge in [0, 0.05) is 31.6 Å². The first-order valence-corrected chi connectivity index (χ1v) is 9.77. The zero-order chi connectivity index (χ0) is 17.8. The van der Waals surface area contributed by atoms with Crippen LogP contribution in [0.5, 0.6) is 0 Å². The third-order valence-electron chi connectivity index (χ3n) is 6.12. The molecule has 134 valence electrons. The van der Waals surface area contributed by atoms with Crippen LogP contribution in [-0.4, -0.2) is 19.1 Å². The van der Waals surface area contributed by atoms with Crippen molar-refractivity contribution in [3.05, 3.63) is 71.3 Å². The molecule has 0 bridgehead atoms. The van der Waals surface area contributed by atoms with Crippen molar-refractivity contribution in [3.8, 4) is 6.07 Å². The van der Waals surface area contributed by atoms with Crippen LogP contribution in [0.15, 0.2) is 54.6 Å². The Balaban J connectivity index is 1.25. The highest BCUT2D eigenvalue weighted by Gasteiger charge is 2.42. The molecule has 2 atom stereocenters. The third kappa shape index (κ3) is 3.82. The molecule has 0 unspecified atom stereocenters. The summed E-state index contributed by atoms with van der Waals surface area (Å²) in [5, 5.41) is 16.7. The van der Waals surface area contributed by atoms with Crippen LogP contribution < -0.4 is 10.6 Å². The molecule has 26 heavy (non-hydrogen) atoms. The first kappa shape index (κ1) is 17.3. The van der Waals surface area contributed by atoms with E-state index in [0.29, 0.717) is 17.4 Å². The molecule has 0 heterocycles. The van der Waals surface area contributed by atoms with Crippen LogP contribution in [0.1, 0.15) is 48.3 Å². The molecular formula is C23H27N3. The second-order valence-electron chi connectivity index (χ2n) is 7.97. The number of hydrogen-bond donors (Lipinski definition) is 2. The van der Waals surface area contributed by atoms with Gasteiger partial charge in [-0.05, 0) is 41.9 Å². The molecule has 0 aromatic heterocycles. The van der Waals surface area contributed by atoms with Crippen molar-refractivity contribution in [2.45, 2.75) is 44.2 Å². The molecule has 2 aromatic rings. The first-order chi connectivity index (χ1) is 12.8. The van der Waals surface area contributed by atoms with Crippen LogP contribution >= 0.6 is 0 Å². The Morgan fingerprint density at radius 1 is 1.00 bits per heavy atom. The average molecular weight is 345 g/mol. The normalized spacial score (nSPS) is 23.0. The highest BCUT2D eigenvalue weighted by Crippen LogP contribution is 2.44. The minimum absolute atomic E-state index is 0.394. The van der Waals surface area contributed by atoms with Crippen molar-refractivity contribution in [2.75, 3.05) is 13.1 Å². The van der Waals surface area contributed by atoms with Crippen molar-refractivity contribution in [2.24, 2.45) is 5.41 Å². The van der Waals surface area contributed by atoms with Crippen LogP contribution in [0.2, 0.25) is 0 Å². The van der Waals surface area contributed by atoms with E-state index in [2.05, 4.69) is 47.0 Å². The zero-order valence-corrected chi connectivity index (χ0v) is 15.2. The quantitative estimate of drug-likeness (QED) is 0.761. The summed E-state index contributed by atoms with van der Waals surface area (Å²) in [5.41, 5.74) is 3.75. The number of nitriles is 1. The van der Waals surface area contributed by atoms with E-state index in [1.165, 1.54) is 31.2 Å². The van der Waals surface area contributed by atoms with E-state index < -0.39 is 0 Å². The molecule has 0 spiro atoms. The largest absolute Gasteiger partial charge is 0.313 e. The second kappa shape index (κ2) is 7.61. The predicted molar refractivity (Wildman–Crippen MR) is 105 cm³/mol. The Morgan fingerprint density at radius 2 is 1.77 bits per heavy atom. The summed E-state index contributed by atoms with van der Waals surface area (Å²) in [6.07, 6.45) is 5.21. The van der Waals surface area contributed by atoms with Crippen LogP contribution in [0, 0.1) is 16.7 Å². The Bertz CT molecular complexity index is 774. The van der Waals surface area contributed by atoms with Gasteiger partial charge < -0.3 is 10.6 Å². The molecule has 0 radical (unpaired) electrons. The van der Waals surface area contributed by atoms with E-state index in [1.54, 1.807) is 0 Å². The fraction of sp³-hybridized carbons (Fsp3) is 0.435. The molecular weight excluding hydrogens is 318 g/mol. The molecule has 2 saturated carbocycles. The molecule has 3 nitrogen and oxygen atoms in total. The van der Waals surface area contributed by atoms with Crippen LogP contribution in [-0.2, 0) is 6.54 Å². The zero-order valence-electron chi connectivity index (χ0n) is 15.2. The smallest absolute Gasteiger partial charge is 0.0995 e. The highest BCUT2D eigenvalue weighted by atomic mass is 15.0. The van der Waals surface area contributed by atoms with Gasteiger partial charge in [-0.1, -0.05) is 55.0 Å². The minimum atomic E-state index is 0.394. The minimum Gasteiger partial charge on any atom is -0.313 e. The maximum atomic E-state index is 9.22. The van der Waals surface area contributed by atoms with Gasteiger partial charge in [-0.3, -0.25) is 0 Å². The summed E-state index contributed by atoms with van der Waals surface area (Å²) in [5.74, 6) is 0.698. The Hall–Kier alpha value is -2.15. The van der Waals surface area contributed by atoms with Crippen molar-refractivity contribution >= 4 is 0 Å². The van der Waals surface area contributed by atoms with E-state index in [1.807, 2.05) is 24.3 Å². The average Bonchev–Trinajstić information content (AvgIpc) is 3.44. The molecule has 4 rings (SSSR count). The topological polar surface area (TPSA) is 47.9 Å². The predicted octanol–water partition coefficient (Wildman–Crippen LogP) is 3.96. The molecule has 2 aromatic carbocycles. The van der Waals surface area contributed by atoms with Gasteiger partial charge in [0.05, 0.1) is 11.6 Å². The summed E-state index contributed by atoms with van der Waals surface area (Å²) in [6.45, 7) is 2.91. The van der Waals surface area contributed by atoms with Crippen LogP contribution in [0.25, 0.3) is 0 Å². The van der Waals surface area contributed by atoms with Gasteiger partial charge in [-0.15, -0.1) is 0 Å². The monoisotopic (exact) mass is 345 g/mol. The fourth-order valence-electron chi connectivity index (χ4n) is 4.18. The van der Waals surface area contributed by atoms with E-state index in [0.717, 1.165) is 30.8 Å². The lowest BCUT2D eigenvalue weighted by Crippen LogP contribution is -2.47. The number of benzene rings is 2. The van der Waals surface area contributed by atoms with Crippen molar-refractivity contribution in [3.63, 3.8) is 0 Å². The maximum Gasteiger partial charge on any atom is 0.0995 e. The summed E-state index contributed by atoms with van der Waals surface area (Å²) in [4.78, 5) is 0. The van der Waals surface area contributed by atoms with Crippen molar-refractivity contribution in [1.82, 2.24) is 10.6 Å². The summed E-state index contributed by atoms with van der Waals surface area (Å²) < 4.78 is 0. The maximum absolute atomic E-state index is 9.22. The Labute approximate surface area is 156 Å². The number of hydrogen-bond acceptors (Lipinski definition) is 3. The molecule has 0 saturated heterocycles. The summed E-state index contributed by atoms with van der Waals surface area (Å²) in [7, 11) is 0. The lowest BCUT2D eigenvalue weighted by atomic mass is 9.68. The van der Waals surface area contributed by atoms with Gasteiger partial charge >= 0.3 is 0 Å². The number of nitrogens with zero attached hydrogens (tertiary/aromatic N) is 1. The van der Waals surface area contributed by atoms with Gasteiger partial charge in [-0.2, -0.15) is 5.26 Å². The molecule has 2 N–H and O–H groups in total. The summed E-state index contributed by atoms with van der Waals surface area (Å²) >= 11 is 0. The van der Waals surface area contributed by atoms with Gasteiger partial charge in [0.25, 0.3) is 0 Å². The Morgan fingerprint density at radius 3 is 2.50 bits per heavy atom. The third-order valence-corrected chi connectivity index (χ3v) is 6.12. The lowest BCUT2D eigenvalue weighted by molar-refractivity contribution is 0.126. The van der Waals surface area contributed by atoms with Gasteiger partial charge in [-0.25, -0.2) is 0 Å².